The van der Waals surface area contributed by atoms with Crippen molar-refractivity contribution in [2.75, 3.05) is 7.05 Å². The van der Waals surface area contributed by atoms with E-state index < -0.39 is 0 Å². The van der Waals surface area contributed by atoms with E-state index in [9.17, 15) is 4.39 Å². The van der Waals surface area contributed by atoms with Gasteiger partial charge in [-0.25, -0.2) is 4.39 Å². The minimum absolute atomic E-state index is 0.157. The molecular formula is C33H56FN. The van der Waals surface area contributed by atoms with E-state index in [4.69, 9.17) is 0 Å². The molecule has 1 nitrogen and oxygen atoms in total. The Morgan fingerprint density at radius 1 is 0.829 bits per heavy atom. The summed E-state index contributed by atoms with van der Waals surface area (Å²) in [6.45, 7) is 29.5. The summed E-state index contributed by atoms with van der Waals surface area (Å²) in [6.07, 6.45) is 4.95. The van der Waals surface area contributed by atoms with Crippen LogP contribution in [0.25, 0.3) is 5.57 Å². The summed E-state index contributed by atoms with van der Waals surface area (Å²) in [6, 6.07) is 10.8. The van der Waals surface area contributed by atoms with Crippen LogP contribution in [-0.2, 0) is 0 Å². The highest BCUT2D eigenvalue weighted by molar-refractivity contribution is 5.61. The van der Waals surface area contributed by atoms with Crippen molar-refractivity contribution < 1.29 is 4.39 Å². The number of allylic oxidation sites excluding steroid dienone is 1. The zero-order chi connectivity index (χ0) is 27.7. The number of hydrogen-bond donors (Lipinski definition) is 0. The van der Waals surface area contributed by atoms with Gasteiger partial charge in [-0.1, -0.05) is 84.7 Å². The monoisotopic (exact) mass is 485 g/mol. The average molecular weight is 486 g/mol. The molecule has 0 amide bonds. The van der Waals surface area contributed by atoms with Crippen LogP contribution in [0.4, 0.5) is 4.39 Å². The van der Waals surface area contributed by atoms with Gasteiger partial charge in [-0.15, -0.1) is 0 Å². The highest BCUT2D eigenvalue weighted by Gasteiger charge is 2.20. The third kappa shape index (κ3) is 12.5. The minimum Gasteiger partial charge on any atom is -0.297 e. The third-order valence-corrected chi connectivity index (χ3v) is 6.33. The van der Waals surface area contributed by atoms with Crippen molar-refractivity contribution >= 4 is 5.57 Å². The smallest absolute Gasteiger partial charge is 0.126 e. The van der Waals surface area contributed by atoms with Crippen LogP contribution in [0, 0.1) is 33.5 Å². The number of nitrogens with zero attached hydrogens (tertiary/aromatic N) is 1. The van der Waals surface area contributed by atoms with E-state index in [1.54, 1.807) is 19.1 Å². The largest absolute Gasteiger partial charge is 0.297 e. The molecule has 2 aromatic rings. The molecule has 0 aliphatic carbocycles. The zero-order valence-electron chi connectivity index (χ0n) is 25.4. The van der Waals surface area contributed by atoms with Gasteiger partial charge in [0.05, 0.1) is 0 Å². The van der Waals surface area contributed by atoms with E-state index >= 15 is 0 Å². The van der Waals surface area contributed by atoms with Crippen molar-refractivity contribution in [1.82, 2.24) is 4.90 Å². The molecule has 200 valence electrons. The minimum atomic E-state index is -0.157. The SMILES string of the molecule is C=C(C)c1ccc(F)c(C)c1.CCC.CCC.CCC(CC)N(C)C(C)c1ccc(C)c(C)c1C. The van der Waals surface area contributed by atoms with Gasteiger partial charge in [0.15, 0.2) is 0 Å². The molecule has 1 atom stereocenters. The van der Waals surface area contributed by atoms with Crippen LogP contribution in [0.2, 0.25) is 0 Å². The lowest BCUT2D eigenvalue weighted by Crippen LogP contribution is -2.33. The Morgan fingerprint density at radius 2 is 1.31 bits per heavy atom. The van der Waals surface area contributed by atoms with Crippen molar-refractivity contribution in [3.63, 3.8) is 0 Å². The molecule has 0 aliphatic heterocycles. The molecule has 0 bridgehead atoms. The van der Waals surface area contributed by atoms with Crippen molar-refractivity contribution in [2.45, 2.75) is 121 Å². The standard InChI is InChI=1S/C17H29N.C10H11F.2C3H8/c1-8-16(9-2)18(7)15(6)17-11-10-12(3)13(4)14(17)5;1-7(2)9-4-5-10(11)8(3)6-9;2*1-3-2/h10-11,15-16H,8-9H2,1-7H3;4-6H,1H2,2-3H3;2*3H2,1-2H3. The molecule has 2 heteroatoms. The van der Waals surface area contributed by atoms with Crippen molar-refractivity contribution in [2.24, 2.45) is 0 Å². The Labute approximate surface area is 218 Å². The first-order valence-electron chi connectivity index (χ1n) is 13.6. The molecule has 0 aromatic heterocycles. The first-order chi connectivity index (χ1) is 16.4. The van der Waals surface area contributed by atoms with Crippen LogP contribution in [0.3, 0.4) is 0 Å². The maximum Gasteiger partial charge on any atom is 0.126 e. The van der Waals surface area contributed by atoms with Gasteiger partial charge in [-0.2, -0.15) is 0 Å². The summed E-state index contributed by atoms with van der Waals surface area (Å²) in [7, 11) is 2.26. The molecule has 2 aromatic carbocycles. The van der Waals surface area contributed by atoms with Crippen LogP contribution in [-0.4, -0.2) is 18.0 Å². The quantitative estimate of drug-likeness (QED) is 0.393. The Morgan fingerprint density at radius 3 is 1.71 bits per heavy atom. The van der Waals surface area contributed by atoms with Gasteiger partial charge < -0.3 is 0 Å². The number of halogens is 1. The number of aryl methyl sites for hydroxylation is 2. The molecule has 0 saturated heterocycles. The van der Waals surface area contributed by atoms with Crippen LogP contribution >= 0.6 is 0 Å². The average Bonchev–Trinajstić information content (AvgIpc) is 2.81. The van der Waals surface area contributed by atoms with Crippen LogP contribution in [0.1, 0.15) is 120 Å². The lowest BCUT2D eigenvalue weighted by molar-refractivity contribution is 0.174. The highest BCUT2D eigenvalue weighted by Crippen LogP contribution is 2.28. The summed E-state index contributed by atoms with van der Waals surface area (Å²) in [5, 5.41) is 0. The van der Waals surface area contributed by atoms with Gasteiger partial charge in [-0.3, -0.25) is 4.90 Å². The summed E-state index contributed by atoms with van der Waals surface area (Å²) >= 11 is 0. The van der Waals surface area contributed by atoms with E-state index in [0.29, 0.717) is 17.6 Å². The third-order valence-electron chi connectivity index (χ3n) is 6.33. The van der Waals surface area contributed by atoms with Crippen molar-refractivity contribution in [3.8, 4) is 0 Å². The Kier molecular flexibility index (Phi) is 19.4. The van der Waals surface area contributed by atoms with E-state index in [-0.39, 0.29) is 5.82 Å². The van der Waals surface area contributed by atoms with Gasteiger partial charge in [-0.05, 0) is 107 Å². The van der Waals surface area contributed by atoms with Gasteiger partial charge in [0.1, 0.15) is 5.82 Å². The Bertz CT molecular complexity index is 846. The molecule has 0 radical (unpaired) electrons. The molecule has 1 unspecified atom stereocenters. The Hall–Kier alpha value is -1.93. The number of rotatable bonds is 6. The van der Waals surface area contributed by atoms with Gasteiger partial charge >= 0.3 is 0 Å². The fourth-order valence-corrected chi connectivity index (χ4v) is 3.74. The Balaban J connectivity index is 0. The summed E-state index contributed by atoms with van der Waals surface area (Å²) in [5.41, 5.74) is 8.42. The topological polar surface area (TPSA) is 3.24 Å². The van der Waals surface area contributed by atoms with Crippen molar-refractivity contribution in [3.05, 3.63) is 76.1 Å². The molecular weight excluding hydrogens is 429 g/mol. The lowest BCUT2D eigenvalue weighted by Gasteiger charge is -2.33. The second-order valence-electron chi connectivity index (χ2n) is 9.69. The second-order valence-corrected chi connectivity index (χ2v) is 9.69. The predicted octanol–water partition coefficient (Wildman–Crippen LogP) is 10.8. The first kappa shape index (κ1) is 35.2. The zero-order valence-corrected chi connectivity index (χ0v) is 25.4. The molecule has 2 rings (SSSR count). The maximum absolute atomic E-state index is 12.7. The van der Waals surface area contributed by atoms with Crippen molar-refractivity contribution in [1.29, 1.82) is 0 Å². The fourth-order valence-electron chi connectivity index (χ4n) is 3.74. The van der Waals surface area contributed by atoms with Gasteiger partial charge in [0, 0.05) is 12.1 Å². The number of benzene rings is 2. The summed E-state index contributed by atoms with van der Waals surface area (Å²) in [5.74, 6) is -0.157. The van der Waals surface area contributed by atoms with E-state index in [0.717, 1.165) is 11.1 Å². The fraction of sp³-hybridized carbons (Fsp3) is 0.576. The summed E-state index contributed by atoms with van der Waals surface area (Å²) < 4.78 is 12.7. The molecule has 0 fully saturated rings. The van der Waals surface area contributed by atoms with E-state index in [2.05, 4.69) is 99.9 Å². The molecule has 0 heterocycles. The highest BCUT2D eigenvalue weighted by atomic mass is 19.1. The van der Waals surface area contributed by atoms with E-state index in [1.165, 1.54) is 54.0 Å². The van der Waals surface area contributed by atoms with Crippen LogP contribution < -0.4 is 0 Å². The molecule has 0 spiro atoms. The first-order valence-corrected chi connectivity index (χ1v) is 13.6. The van der Waals surface area contributed by atoms with Crippen LogP contribution in [0.5, 0.6) is 0 Å². The molecule has 0 aliphatic rings. The van der Waals surface area contributed by atoms with Gasteiger partial charge in [0.2, 0.25) is 0 Å². The molecule has 0 N–H and O–H groups in total. The predicted molar refractivity (Wildman–Crippen MR) is 159 cm³/mol. The molecule has 0 saturated carbocycles. The maximum atomic E-state index is 12.7. The number of hydrogen-bond acceptors (Lipinski definition) is 1. The lowest BCUT2D eigenvalue weighted by atomic mass is 9.93. The van der Waals surface area contributed by atoms with Crippen LogP contribution in [0.15, 0.2) is 36.9 Å². The normalized spacial score (nSPS) is 11.0. The summed E-state index contributed by atoms with van der Waals surface area (Å²) in [4.78, 5) is 2.52. The molecule has 35 heavy (non-hydrogen) atoms. The van der Waals surface area contributed by atoms with Gasteiger partial charge in [0.25, 0.3) is 0 Å². The van der Waals surface area contributed by atoms with E-state index in [1.807, 2.05) is 6.92 Å². The second kappa shape index (κ2) is 19.3.